The second kappa shape index (κ2) is 7.65. The van der Waals surface area contributed by atoms with Crippen LogP contribution in [0.3, 0.4) is 0 Å². The summed E-state index contributed by atoms with van der Waals surface area (Å²) in [7, 11) is 0. The van der Waals surface area contributed by atoms with E-state index in [1.165, 1.54) is 0 Å². The van der Waals surface area contributed by atoms with E-state index in [0.717, 1.165) is 24.9 Å². The van der Waals surface area contributed by atoms with Gasteiger partial charge >= 0.3 is 0 Å². The molecule has 0 aromatic heterocycles. The summed E-state index contributed by atoms with van der Waals surface area (Å²) in [4.78, 5) is 12.2. The van der Waals surface area contributed by atoms with Gasteiger partial charge in [-0.05, 0) is 31.4 Å². The van der Waals surface area contributed by atoms with Crippen LogP contribution in [0.25, 0.3) is 0 Å². The van der Waals surface area contributed by atoms with Gasteiger partial charge in [-0.2, -0.15) is 5.26 Å². The van der Waals surface area contributed by atoms with Crippen molar-refractivity contribution in [3.8, 4) is 11.8 Å². The lowest BCUT2D eigenvalue weighted by Crippen LogP contribution is -2.34. The zero-order valence-electron chi connectivity index (χ0n) is 12.0. The van der Waals surface area contributed by atoms with Gasteiger partial charge in [-0.3, -0.25) is 4.79 Å². The van der Waals surface area contributed by atoms with E-state index < -0.39 is 0 Å². The lowest BCUT2D eigenvalue weighted by Gasteiger charge is -2.15. The maximum absolute atomic E-state index is 12.2. The zero-order valence-corrected chi connectivity index (χ0v) is 12.0. The molecule has 1 saturated carbocycles. The number of amides is 1. The molecular weight excluding hydrogens is 266 g/mol. The molecule has 2 rings (SSSR count). The van der Waals surface area contributed by atoms with E-state index >= 15 is 0 Å². The SMILES string of the molecule is N#CCCCOc1cccc(NC(=O)C2CCCC2N)c1. The molecule has 2 atom stereocenters. The van der Waals surface area contributed by atoms with Gasteiger partial charge in [-0.15, -0.1) is 0 Å². The Hall–Kier alpha value is -2.06. The molecule has 1 aliphatic rings. The summed E-state index contributed by atoms with van der Waals surface area (Å²) in [6.07, 6.45) is 3.97. The standard InChI is InChI=1S/C16H21N3O2/c17-9-1-2-10-21-13-6-3-5-12(11-13)19-16(20)14-7-4-8-15(14)18/h3,5-6,11,14-15H,1-2,4,7-8,10,18H2,(H,19,20). The minimum atomic E-state index is -0.0924. The maximum atomic E-state index is 12.2. The fourth-order valence-corrected chi connectivity index (χ4v) is 2.55. The van der Waals surface area contributed by atoms with Gasteiger partial charge in [0, 0.05) is 24.2 Å². The minimum absolute atomic E-state index is 0.0124. The van der Waals surface area contributed by atoms with Gasteiger partial charge < -0.3 is 15.8 Å². The highest BCUT2D eigenvalue weighted by Crippen LogP contribution is 2.26. The van der Waals surface area contributed by atoms with Crippen molar-refractivity contribution in [2.75, 3.05) is 11.9 Å². The third-order valence-electron chi connectivity index (χ3n) is 3.71. The fraction of sp³-hybridized carbons (Fsp3) is 0.500. The second-order valence-corrected chi connectivity index (χ2v) is 5.33. The number of benzene rings is 1. The van der Waals surface area contributed by atoms with Crippen LogP contribution in [0.5, 0.6) is 5.75 Å². The molecule has 0 bridgehead atoms. The van der Waals surface area contributed by atoms with Gasteiger partial charge in [-0.1, -0.05) is 12.5 Å². The molecule has 0 aliphatic heterocycles. The van der Waals surface area contributed by atoms with Gasteiger partial charge in [0.15, 0.2) is 0 Å². The number of nitriles is 1. The van der Waals surface area contributed by atoms with E-state index in [-0.39, 0.29) is 17.9 Å². The molecule has 1 amide bonds. The average Bonchev–Trinajstić information content (AvgIpc) is 2.90. The van der Waals surface area contributed by atoms with Crippen LogP contribution >= 0.6 is 0 Å². The Balaban J connectivity index is 1.88. The van der Waals surface area contributed by atoms with Gasteiger partial charge in [0.2, 0.25) is 5.91 Å². The number of hydrogen-bond acceptors (Lipinski definition) is 4. The summed E-state index contributed by atoms with van der Waals surface area (Å²) in [5, 5.41) is 11.4. The molecule has 3 N–H and O–H groups in total. The first-order chi connectivity index (χ1) is 10.2. The Kier molecular flexibility index (Phi) is 5.59. The van der Waals surface area contributed by atoms with E-state index in [2.05, 4.69) is 11.4 Å². The Morgan fingerprint density at radius 2 is 2.33 bits per heavy atom. The lowest BCUT2D eigenvalue weighted by atomic mass is 10.0. The molecule has 5 heteroatoms. The van der Waals surface area contributed by atoms with Crippen LogP contribution < -0.4 is 15.8 Å². The molecule has 0 spiro atoms. The van der Waals surface area contributed by atoms with Crippen molar-refractivity contribution in [3.63, 3.8) is 0 Å². The van der Waals surface area contributed by atoms with Gasteiger partial charge in [0.25, 0.3) is 0 Å². The Morgan fingerprint density at radius 1 is 1.48 bits per heavy atom. The first-order valence-electron chi connectivity index (χ1n) is 7.37. The largest absolute Gasteiger partial charge is 0.493 e. The van der Waals surface area contributed by atoms with Crippen LogP contribution in [-0.2, 0) is 4.79 Å². The highest BCUT2D eigenvalue weighted by molar-refractivity contribution is 5.93. The number of carbonyl (C=O) groups excluding carboxylic acids is 1. The van der Waals surface area contributed by atoms with Gasteiger partial charge in [0.05, 0.1) is 18.6 Å². The van der Waals surface area contributed by atoms with Crippen LogP contribution in [0, 0.1) is 17.2 Å². The molecule has 5 nitrogen and oxygen atoms in total. The zero-order chi connectivity index (χ0) is 15.1. The third-order valence-corrected chi connectivity index (χ3v) is 3.71. The van der Waals surface area contributed by atoms with E-state index in [0.29, 0.717) is 25.2 Å². The number of nitrogens with two attached hydrogens (primary N) is 1. The second-order valence-electron chi connectivity index (χ2n) is 5.33. The van der Waals surface area contributed by atoms with Crippen molar-refractivity contribution in [1.82, 2.24) is 0 Å². The number of nitrogens with one attached hydrogen (secondary N) is 1. The van der Waals surface area contributed by atoms with Gasteiger partial charge in [0.1, 0.15) is 5.75 Å². The first kappa shape index (κ1) is 15.3. The van der Waals surface area contributed by atoms with Gasteiger partial charge in [-0.25, -0.2) is 0 Å². The predicted octanol–water partition coefficient (Wildman–Crippen LogP) is 2.44. The van der Waals surface area contributed by atoms with Crippen LogP contribution in [-0.4, -0.2) is 18.6 Å². The first-order valence-corrected chi connectivity index (χ1v) is 7.37. The molecule has 1 aromatic carbocycles. The van der Waals surface area contributed by atoms with E-state index in [9.17, 15) is 4.79 Å². The average molecular weight is 287 g/mol. The Labute approximate surface area is 125 Å². The molecular formula is C16H21N3O2. The molecule has 2 unspecified atom stereocenters. The van der Waals surface area contributed by atoms with Crippen molar-refractivity contribution in [3.05, 3.63) is 24.3 Å². The van der Waals surface area contributed by atoms with Crippen molar-refractivity contribution in [2.24, 2.45) is 11.7 Å². The highest BCUT2D eigenvalue weighted by atomic mass is 16.5. The molecule has 0 heterocycles. The fourth-order valence-electron chi connectivity index (χ4n) is 2.55. The van der Waals surface area contributed by atoms with E-state index in [1.807, 2.05) is 18.2 Å². The molecule has 0 radical (unpaired) electrons. The number of anilines is 1. The smallest absolute Gasteiger partial charge is 0.229 e. The monoisotopic (exact) mass is 287 g/mol. The third kappa shape index (κ3) is 4.47. The normalized spacial score (nSPS) is 20.8. The van der Waals surface area contributed by atoms with Crippen molar-refractivity contribution >= 4 is 11.6 Å². The number of ether oxygens (including phenoxy) is 1. The van der Waals surface area contributed by atoms with Crippen LogP contribution in [0.1, 0.15) is 32.1 Å². The quantitative estimate of drug-likeness (QED) is 0.786. The van der Waals surface area contributed by atoms with Crippen LogP contribution in [0.2, 0.25) is 0 Å². The number of hydrogen-bond donors (Lipinski definition) is 2. The Morgan fingerprint density at radius 3 is 3.05 bits per heavy atom. The molecule has 1 aliphatic carbocycles. The number of nitrogens with zero attached hydrogens (tertiary/aromatic N) is 1. The molecule has 0 saturated heterocycles. The van der Waals surface area contributed by atoms with Crippen LogP contribution in [0.15, 0.2) is 24.3 Å². The number of carbonyl (C=O) groups is 1. The van der Waals surface area contributed by atoms with Crippen molar-refractivity contribution < 1.29 is 9.53 Å². The summed E-state index contributed by atoms with van der Waals surface area (Å²) < 4.78 is 5.55. The topological polar surface area (TPSA) is 88.1 Å². The molecule has 1 aromatic rings. The highest BCUT2D eigenvalue weighted by Gasteiger charge is 2.30. The lowest BCUT2D eigenvalue weighted by molar-refractivity contribution is -0.120. The Bertz CT molecular complexity index is 524. The minimum Gasteiger partial charge on any atom is -0.493 e. The summed E-state index contributed by atoms with van der Waals surface area (Å²) in [5.41, 5.74) is 6.67. The summed E-state index contributed by atoms with van der Waals surface area (Å²) in [5.74, 6) is 0.591. The summed E-state index contributed by atoms with van der Waals surface area (Å²) >= 11 is 0. The van der Waals surface area contributed by atoms with E-state index in [4.69, 9.17) is 15.7 Å². The number of rotatable bonds is 6. The molecule has 21 heavy (non-hydrogen) atoms. The predicted molar refractivity (Wildman–Crippen MR) is 80.7 cm³/mol. The van der Waals surface area contributed by atoms with E-state index in [1.54, 1.807) is 6.07 Å². The molecule has 112 valence electrons. The number of unbranched alkanes of at least 4 members (excludes halogenated alkanes) is 1. The van der Waals surface area contributed by atoms with Crippen molar-refractivity contribution in [1.29, 1.82) is 5.26 Å². The van der Waals surface area contributed by atoms with Crippen molar-refractivity contribution in [2.45, 2.75) is 38.1 Å². The molecule has 1 fully saturated rings. The summed E-state index contributed by atoms with van der Waals surface area (Å²) in [6, 6.07) is 9.35. The van der Waals surface area contributed by atoms with Crippen LogP contribution in [0.4, 0.5) is 5.69 Å². The maximum Gasteiger partial charge on any atom is 0.229 e. The summed E-state index contributed by atoms with van der Waals surface area (Å²) in [6.45, 7) is 0.498.